The zero-order valence-electron chi connectivity index (χ0n) is 12.1. The average molecular weight is 290 g/mol. The molecule has 0 spiro atoms. The predicted octanol–water partition coefficient (Wildman–Crippen LogP) is 1.86. The second kappa shape index (κ2) is 7.22. The molecule has 5 nitrogen and oxygen atoms in total. The summed E-state index contributed by atoms with van der Waals surface area (Å²) in [5, 5.41) is 9.22. The van der Waals surface area contributed by atoms with Gasteiger partial charge in [-0.25, -0.2) is 4.79 Å². The van der Waals surface area contributed by atoms with Crippen LogP contribution in [0.25, 0.3) is 0 Å². The Hall–Kier alpha value is -1.88. The van der Waals surface area contributed by atoms with Gasteiger partial charge in [-0.15, -0.1) is 0 Å². The number of nitrogens with zero attached hydrogens (tertiary/aromatic N) is 1. The van der Waals surface area contributed by atoms with E-state index in [9.17, 15) is 14.7 Å². The van der Waals surface area contributed by atoms with Crippen LogP contribution in [0.3, 0.4) is 0 Å². The average Bonchev–Trinajstić information content (AvgIpc) is 2.46. The van der Waals surface area contributed by atoms with E-state index in [1.807, 2.05) is 12.1 Å². The molecule has 3 N–H and O–H groups in total. The first-order valence-corrected chi connectivity index (χ1v) is 7.38. The molecule has 0 radical (unpaired) electrons. The standard InChI is InChI=1S/C16H22N2O3/c17-15(19)8-7-12-4-3-9-18(10-12)11-13-5-1-2-6-14(13)16(20)21/h1-2,5-6,12H,3-4,7-11H2,(H2,17,19)(H,20,21)/t12-/m0/s1. The summed E-state index contributed by atoms with van der Waals surface area (Å²) in [7, 11) is 0. The van der Waals surface area contributed by atoms with Crippen LogP contribution in [0.1, 0.15) is 41.6 Å². The van der Waals surface area contributed by atoms with Crippen molar-refractivity contribution in [1.82, 2.24) is 4.90 Å². The van der Waals surface area contributed by atoms with E-state index in [4.69, 9.17) is 5.73 Å². The maximum atomic E-state index is 11.2. The molecule has 1 aliphatic rings. The molecule has 0 aromatic heterocycles. The summed E-state index contributed by atoms with van der Waals surface area (Å²) < 4.78 is 0. The molecule has 1 heterocycles. The lowest BCUT2D eigenvalue weighted by molar-refractivity contribution is -0.118. The number of likely N-dealkylation sites (tertiary alicyclic amines) is 1. The summed E-state index contributed by atoms with van der Waals surface area (Å²) in [4.78, 5) is 24.4. The Morgan fingerprint density at radius 2 is 2.10 bits per heavy atom. The van der Waals surface area contributed by atoms with E-state index in [2.05, 4.69) is 4.90 Å². The maximum absolute atomic E-state index is 11.2. The molecule has 1 atom stereocenters. The van der Waals surface area contributed by atoms with Crippen LogP contribution < -0.4 is 5.73 Å². The minimum Gasteiger partial charge on any atom is -0.478 e. The highest BCUT2D eigenvalue weighted by Crippen LogP contribution is 2.23. The van der Waals surface area contributed by atoms with E-state index in [1.54, 1.807) is 12.1 Å². The van der Waals surface area contributed by atoms with Crippen LogP contribution in [-0.4, -0.2) is 35.0 Å². The molecule has 1 fully saturated rings. The molecule has 0 aliphatic carbocycles. The molecule has 1 aromatic carbocycles. The minimum atomic E-state index is -0.882. The van der Waals surface area contributed by atoms with Crippen LogP contribution in [0.4, 0.5) is 0 Å². The van der Waals surface area contributed by atoms with Crippen molar-refractivity contribution in [3.8, 4) is 0 Å². The Balaban J connectivity index is 1.96. The number of carboxylic acids is 1. The number of primary amides is 1. The van der Waals surface area contributed by atoms with Gasteiger partial charge in [0.1, 0.15) is 0 Å². The van der Waals surface area contributed by atoms with Crippen molar-refractivity contribution in [2.75, 3.05) is 13.1 Å². The Bertz CT molecular complexity index is 516. The molecule has 21 heavy (non-hydrogen) atoms. The SMILES string of the molecule is NC(=O)CC[C@@H]1CCCN(Cc2ccccc2C(=O)O)C1. The van der Waals surface area contributed by atoms with Crippen LogP contribution in [0.15, 0.2) is 24.3 Å². The van der Waals surface area contributed by atoms with Crippen LogP contribution >= 0.6 is 0 Å². The van der Waals surface area contributed by atoms with Crippen molar-refractivity contribution < 1.29 is 14.7 Å². The number of hydrogen-bond donors (Lipinski definition) is 2. The largest absolute Gasteiger partial charge is 0.478 e. The number of benzene rings is 1. The van der Waals surface area contributed by atoms with Crippen molar-refractivity contribution in [2.24, 2.45) is 11.7 Å². The zero-order chi connectivity index (χ0) is 15.2. The fourth-order valence-electron chi connectivity index (χ4n) is 2.98. The van der Waals surface area contributed by atoms with E-state index in [1.165, 1.54) is 0 Å². The first kappa shape index (κ1) is 15.5. The lowest BCUT2D eigenvalue weighted by atomic mass is 9.92. The summed E-state index contributed by atoms with van der Waals surface area (Å²) in [6.45, 7) is 2.53. The Morgan fingerprint density at radius 1 is 1.33 bits per heavy atom. The van der Waals surface area contributed by atoms with E-state index < -0.39 is 5.97 Å². The van der Waals surface area contributed by atoms with Crippen LogP contribution in [0.2, 0.25) is 0 Å². The maximum Gasteiger partial charge on any atom is 0.336 e. The Labute approximate surface area is 124 Å². The van der Waals surface area contributed by atoms with Gasteiger partial charge in [-0.1, -0.05) is 18.2 Å². The van der Waals surface area contributed by atoms with E-state index in [-0.39, 0.29) is 5.91 Å². The number of piperidine rings is 1. The van der Waals surface area contributed by atoms with E-state index in [0.29, 0.717) is 24.4 Å². The predicted molar refractivity (Wildman–Crippen MR) is 79.8 cm³/mol. The summed E-state index contributed by atoms with van der Waals surface area (Å²) in [6.07, 6.45) is 3.46. The highest BCUT2D eigenvalue weighted by atomic mass is 16.4. The molecule has 114 valence electrons. The molecule has 0 bridgehead atoms. The van der Waals surface area contributed by atoms with Crippen LogP contribution in [-0.2, 0) is 11.3 Å². The number of carboxylic acid groups (broad SMARTS) is 1. The fourth-order valence-corrected chi connectivity index (χ4v) is 2.98. The number of rotatable bonds is 6. The van der Waals surface area contributed by atoms with Gasteiger partial charge in [-0.2, -0.15) is 0 Å². The topological polar surface area (TPSA) is 83.6 Å². The monoisotopic (exact) mass is 290 g/mol. The van der Waals surface area contributed by atoms with Gasteiger partial charge in [0.25, 0.3) is 0 Å². The number of hydrogen-bond acceptors (Lipinski definition) is 3. The third-order valence-corrected chi connectivity index (χ3v) is 4.04. The minimum absolute atomic E-state index is 0.247. The van der Waals surface area contributed by atoms with Crippen molar-refractivity contribution in [3.63, 3.8) is 0 Å². The van der Waals surface area contributed by atoms with E-state index >= 15 is 0 Å². The van der Waals surface area contributed by atoms with Crippen molar-refractivity contribution >= 4 is 11.9 Å². The molecule has 1 amide bonds. The van der Waals surface area contributed by atoms with Crippen LogP contribution in [0.5, 0.6) is 0 Å². The lowest BCUT2D eigenvalue weighted by Gasteiger charge is -2.33. The van der Waals surface area contributed by atoms with Gasteiger partial charge < -0.3 is 10.8 Å². The molecular formula is C16H22N2O3. The zero-order valence-corrected chi connectivity index (χ0v) is 12.1. The number of nitrogens with two attached hydrogens (primary N) is 1. The number of carbonyl (C=O) groups excluding carboxylic acids is 1. The van der Waals surface area contributed by atoms with Gasteiger partial charge in [0.2, 0.25) is 5.91 Å². The summed E-state index contributed by atoms with van der Waals surface area (Å²) in [6, 6.07) is 7.14. The first-order chi connectivity index (χ1) is 10.1. The van der Waals surface area contributed by atoms with Gasteiger partial charge in [-0.3, -0.25) is 9.69 Å². The fraction of sp³-hybridized carbons (Fsp3) is 0.500. The van der Waals surface area contributed by atoms with Crippen LogP contribution in [0, 0.1) is 5.92 Å². The quantitative estimate of drug-likeness (QED) is 0.837. The highest BCUT2D eigenvalue weighted by molar-refractivity contribution is 5.89. The van der Waals surface area contributed by atoms with Gasteiger partial charge in [-0.05, 0) is 43.4 Å². The van der Waals surface area contributed by atoms with Gasteiger partial charge in [0.05, 0.1) is 5.56 Å². The molecule has 0 unspecified atom stereocenters. The molecule has 1 aromatic rings. The van der Waals surface area contributed by atoms with Gasteiger partial charge in [0, 0.05) is 19.5 Å². The second-order valence-corrected chi connectivity index (χ2v) is 5.71. The van der Waals surface area contributed by atoms with Gasteiger partial charge in [0.15, 0.2) is 0 Å². The third-order valence-electron chi connectivity index (χ3n) is 4.04. The highest BCUT2D eigenvalue weighted by Gasteiger charge is 2.21. The summed E-state index contributed by atoms with van der Waals surface area (Å²) in [5.74, 6) is -0.653. The lowest BCUT2D eigenvalue weighted by Crippen LogP contribution is -2.35. The Kier molecular flexibility index (Phi) is 5.33. The molecule has 2 rings (SSSR count). The smallest absolute Gasteiger partial charge is 0.336 e. The molecule has 5 heteroatoms. The summed E-state index contributed by atoms with van der Waals surface area (Å²) >= 11 is 0. The first-order valence-electron chi connectivity index (χ1n) is 7.38. The molecule has 0 saturated carbocycles. The molecule has 1 aliphatic heterocycles. The second-order valence-electron chi connectivity index (χ2n) is 5.71. The molecular weight excluding hydrogens is 268 g/mol. The number of aromatic carboxylic acids is 1. The van der Waals surface area contributed by atoms with Crippen molar-refractivity contribution in [2.45, 2.75) is 32.2 Å². The summed E-state index contributed by atoms with van der Waals surface area (Å²) in [5.41, 5.74) is 6.42. The van der Waals surface area contributed by atoms with Gasteiger partial charge >= 0.3 is 5.97 Å². The number of amides is 1. The molecule has 1 saturated heterocycles. The normalized spacial score (nSPS) is 19.3. The van der Waals surface area contributed by atoms with E-state index in [0.717, 1.165) is 37.9 Å². The van der Waals surface area contributed by atoms with Crippen molar-refractivity contribution in [3.05, 3.63) is 35.4 Å². The number of carbonyl (C=O) groups is 2. The third kappa shape index (κ3) is 4.56. The van der Waals surface area contributed by atoms with Crippen molar-refractivity contribution in [1.29, 1.82) is 0 Å². The Morgan fingerprint density at radius 3 is 2.81 bits per heavy atom.